The highest BCUT2D eigenvalue weighted by atomic mass is 35.5. The zero-order chi connectivity index (χ0) is 14.1. The van der Waals surface area contributed by atoms with E-state index in [4.69, 9.17) is 16.3 Å². The highest BCUT2D eigenvalue weighted by Crippen LogP contribution is 2.38. The first-order valence-electron chi connectivity index (χ1n) is 6.46. The Morgan fingerprint density at radius 1 is 1.10 bits per heavy atom. The van der Waals surface area contributed by atoms with E-state index in [9.17, 15) is 0 Å². The van der Waals surface area contributed by atoms with Crippen molar-refractivity contribution < 1.29 is 4.74 Å². The lowest BCUT2D eigenvalue weighted by atomic mass is 10.0. The van der Waals surface area contributed by atoms with Crippen LogP contribution in [0.3, 0.4) is 0 Å². The second-order valence-corrected chi connectivity index (χ2v) is 6.32. The van der Waals surface area contributed by atoms with Gasteiger partial charge in [0.25, 0.3) is 0 Å². The molecule has 0 saturated heterocycles. The fourth-order valence-electron chi connectivity index (χ4n) is 2.34. The van der Waals surface area contributed by atoms with Gasteiger partial charge in [-0.1, -0.05) is 24.3 Å². The highest BCUT2D eigenvalue weighted by Gasteiger charge is 2.16. The Labute approximate surface area is 127 Å². The second kappa shape index (κ2) is 5.47. The normalized spacial score (nSPS) is 12.6. The molecule has 3 heteroatoms. The molecule has 2 aromatic carbocycles. The van der Waals surface area contributed by atoms with Crippen LogP contribution in [0.15, 0.2) is 48.5 Å². The molecule has 20 heavy (non-hydrogen) atoms. The van der Waals surface area contributed by atoms with Gasteiger partial charge >= 0.3 is 0 Å². The van der Waals surface area contributed by atoms with Crippen molar-refractivity contribution in [2.45, 2.75) is 12.3 Å². The zero-order valence-corrected chi connectivity index (χ0v) is 13.0. The average molecular weight is 303 g/mol. The Bertz CT molecular complexity index is 715. The van der Waals surface area contributed by atoms with Crippen LogP contribution in [-0.2, 0) is 0 Å². The summed E-state index contributed by atoms with van der Waals surface area (Å²) in [7, 11) is 1.68. The fourth-order valence-corrected chi connectivity index (χ4v) is 3.84. The van der Waals surface area contributed by atoms with Gasteiger partial charge in [0.05, 0.1) is 12.5 Å². The number of rotatable bonds is 3. The van der Waals surface area contributed by atoms with Crippen molar-refractivity contribution >= 4 is 33.0 Å². The van der Waals surface area contributed by atoms with Gasteiger partial charge in [-0.05, 0) is 47.7 Å². The molecule has 0 fully saturated rings. The molecular weight excluding hydrogens is 288 g/mol. The van der Waals surface area contributed by atoms with E-state index >= 15 is 0 Å². The second-order valence-electron chi connectivity index (χ2n) is 4.77. The number of hydrogen-bond acceptors (Lipinski definition) is 2. The maximum atomic E-state index is 6.67. The number of hydrogen-bond donors (Lipinski definition) is 0. The fraction of sp³-hybridized carbons (Fsp3) is 0.176. The lowest BCUT2D eigenvalue weighted by Gasteiger charge is -2.12. The third kappa shape index (κ3) is 2.41. The van der Waals surface area contributed by atoms with Crippen molar-refractivity contribution in [2.75, 3.05) is 7.11 Å². The Morgan fingerprint density at radius 3 is 2.60 bits per heavy atom. The molecule has 1 atom stereocenters. The van der Waals surface area contributed by atoms with E-state index in [0.29, 0.717) is 0 Å². The highest BCUT2D eigenvalue weighted by molar-refractivity contribution is 7.19. The van der Waals surface area contributed by atoms with Crippen molar-refractivity contribution in [1.82, 2.24) is 0 Å². The lowest BCUT2D eigenvalue weighted by Crippen LogP contribution is -1.95. The van der Waals surface area contributed by atoms with E-state index in [1.165, 1.54) is 15.0 Å². The summed E-state index contributed by atoms with van der Waals surface area (Å²) in [4.78, 5) is 1.18. The molecule has 102 valence electrons. The molecule has 0 aliphatic heterocycles. The van der Waals surface area contributed by atoms with Gasteiger partial charge in [0.1, 0.15) is 5.75 Å². The van der Waals surface area contributed by atoms with Gasteiger partial charge in [-0.25, -0.2) is 0 Å². The van der Waals surface area contributed by atoms with Gasteiger partial charge in [-0.15, -0.1) is 22.9 Å². The SMILES string of the molecule is COc1ccc(C(Cl)c2cc3ccccc3s2)c(C)c1. The van der Waals surface area contributed by atoms with Crippen molar-refractivity contribution in [3.63, 3.8) is 0 Å². The number of thiophene rings is 1. The number of aryl methyl sites for hydroxylation is 1. The minimum Gasteiger partial charge on any atom is -0.497 e. The number of ether oxygens (including phenoxy) is 1. The monoisotopic (exact) mass is 302 g/mol. The smallest absolute Gasteiger partial charge is 0.119 e. The third-order valence-electron chi connectivity index (χ3n) is 3.44. The Balaban J connectivity index is 2.01. The Hall–Kier alpha value is -1.51. The predicted molar refractivity (Wildman–Crippen MR) is 87.3 cm³/mol. The van der Waals surface area contributed by atoms with Crippen LogP contribution < -0.4 is 4.74 Å². The van der Waals surface area contributed by atoms with E-state index in [1.807, 2.05) is 12.1 Å². The molecule has 0 N–H and O–H groups in total. The summed E-state index contributed by atoms with van der Waals surface area (Å²) in [6.45, 7) is 2.07. The first-order valence-corrected chi connectivity index (χ1v) is 7.71. The molecule has 1 heterocycles. The maximum absolute atomic E-state index is 6.67. The summed E-state index contributed by atoms with van der Waals surface area (Å²) in [5.74, 6) is 0.867. The molecule has 0 saturated carbocycles. The van der Waals surface area contributed by atoms with Crippen LogP contribution in [0.4, 0.5) is 0 Å². The van der Waals surface area contributed by atoms with Crippen LogP contribution in [-0.4, -0.2) is 7.11 Å². The molecule has 0 aliphatic carbocycles. The minimum absolute atomic E-state index is 0.113. The van der Waals surface area contributed by atoms with Gasteiger partial charge in [0.15, 0.2) is 0 Å². The zero-order valence-electron chi connectivity index (χ0n) is 11.4. The molecule has 0 amide bonds. The van der Waals surface area contributed by atoms with Crippen LogP contribution in [0.5, 0.6) is 5.75 Å². The van der Waals surface area contributed by atoms with Gasteiger partial charge in [0, 0.05) is 9.58 Å². The number of halogens is 1. The summed E-state index contributed by atoms with van der Waals surface area (Å²) >= 11 is 8.43. The summed E-state index contributed by atoms with van der Waals surface area (Å²) in [5.41, 5.74) is 2.29. The Morgan fingerprint density at radius 2 is 1.90 bits per heavy atom. The molecule has 1 aromatic heterocycles. The van der Waals surface area contributed by atoms with E-state index in [-0.39, 0.29) is 5.38 Å². The van der Waals surface area contributed by atoms with Crippen LogP contribution in [0.2, 0.25) is 0 Å². The van der Waals surface area contributed by atoms with Crippen LogP contribution >= 0.6 is 22.9 Å². The van der Waals surface area contributed by atoms with Gasteiger partial charge in [0.2, 0.25) is 0 Å². The molecule has 0 radical (unpaired) electrons. The predicted octanol–water partition coefficient (Wildman–Crippen LogP) is 5.55. The first-order chi connectivity index (χ1) is 9.69. The molecular formula is C17H15ClOS. The lowest BCUT2D eigenvalue weighted by molar-refractivity contribution is 0.414. The van der Waals surface area contributed by atoms with Crippen molar-refractivity contribution in [3.05, 3.63) is 64.5 Å². The van der Waals surface area contributed by atoms with Crippen LogP contribution in [0.1, 0.15) is 21.4 Å². The molecule has 1 nitrogen and oxygen atoms in total. The number of fused-ring (bicyclic) bond motifs is 1. The molecule has 3 aromatic rings. The standard InChI is InChI=1S/C17H15ClOS/c1-11-9-13(19-2)7-8-14(11)17(18)16-10-12-5-3-4-6-15(12)20-16/h3-10,17H,1-2H3. The quantitative estimate of drug-likeness (QED) is 0.577. The van der Waals surface area contributed by atoms with E-state index in [0.717, 1.165) is 16.9 Å². The molecule has 0 spiro atoms. The topological polar surface area (TPSA) is 9.23 Å². The summed E-state index contributed by atoms with van der Waals surface area (Å²) in [6, 6.07) is 16.6. The van der Waals surface area contributed by atoms with Crippen LogP contribution in [0.25, 0.3) is 10.1 Å². The number of methoxy groups -OCH3 is 1. The van der Waals surface area contributed by atoms with E-state index < -0.39 is 0 Å². The summed E-state index contributed by atoms with van der Waals surface area (Å²) in [6.07, 6.45) is 0. The van der Waals surface area contributed by atoms with Gasteiger partial charge in [-0.2, -0.15) is 0 Å². The van der Waals surface area contributed by atoms with Gasteiger partial charge in [-0.3, -0.25) is 0 Å². The average Bonchev–Trinajstić information content (AvgIpc) is 2.90. The third-order valence-corrected chi connectivity index (χ3v) is 5.22. The summed E-state index contributed by atoms with van der Waals surface area (Å²) in [5, 5.41) is 1.14. The largest absolute Gasteiger partial charge is 0.497 e. The number of alkyl halides is 1. The first kappa shape index (κ1) is 13.5. The molecule has 3 rings (SSSR count). The molecule has 1 unspecified atom stereocenters. The molecule has 0 aliphatic rings. The van der Waals surface area contributed by atoms with Crippen LogP contribution in [0, 0.1) is 6.92 Å². The number of benzene rings is 2. The van der Waals surface area contributed by atoms with Crippen molar-refractivity contribution in [3.8, 4) is 5.75 Å². The molecule has 0 bridgehead atoms. The van der Waals surface area contributed by atoms with E-state index in [1.54, 1.807) is 18.4 Å². The maximum Gasteiger partial charge on any atom is 0.119 e. The Kier molecular flexibility index (Phi) is 3.68. The minimum atomic E-state index is -0.113. The van der Waals surface area contributed by atoms with Crippen molar-refractivity contribution in [2.24, 2.45) is 0 Å². The van der Waals surface area contributed by atoms with Gasteiger partial charge < -0.3 is 4.74 Å². The van der Waals surface area contributed by atoms with Crippen molar-refractivity contribution in [1.29, 1.82) is 0 Å². The van der Waals surface area contributed by atoms with E-state index in [2.05, 4.69) is 43.3 Å². The summed E-state index contributed by atoms with van der Waals surface area (Å²) < 4.78 is 6.52.